The van der Waals surface area contributed by atoms with E-state index in [1.54, 1.807) is 7.11 Å². The largest absolute Gasteiger partial charge is 0.481 e. The zero-order chi connectivity index (χ0) is 12.7. The van der Waals surface area contributed by atoms with Gasteiger partial charge in [-0.2, -0.15) is 0 Å². The van der Waals surface area contributed by atoms with E-state index in [2.05, 4.69) is 0 Å². The smallest absolute Gasteiger partial charge is 0.306 e. The molecule has 0 spiro atoms. The minimum Gasteiger partial charge on any atom is -0.481 e. The highest BCUT2D eigenvalue weighted by molar-refractivity contribution is 5.70. The first-order chi connectivity index (χ1) is 8.07. The second-order valence-electron chi connectivity index (χ2n) is 4.74. The van der Waals surface area contributed by atoms with Crippen molar-refractivity contribution < 1.29 is 24.5 Å². The number of ether oxygens (including phenoxy) is 2. The third-order valence-electron chi connectivity index (χ3n) is 3.27. The number of rotatable bonds is 7. The van der Waals surface area contributed by atoms with Crippen LogP contribution in [0.15, 0.2) is 0 Å². The Hall–Kier alpha value is -0.650. The monoisotopic (exact) mass is 246 g/mol. The van der Waals surface area contributed by atoms with Gasteiger partial charge in [-0.05, 0) is 32.1 Å². The zero-order valence-corrected chi connectivity index (χ0v) is 10.4. The second kappa shape index (κ2) is 6.93. The third-order valence-corrected chi connectivity index (χ3v) is 3.27. The van der Waals surface area contributed by atoms with Crippen molar-refractivity contribution in [1.29, 1.82) is 0 Å². The van der Waals surface area contributed by atoms with E-state index in [0.717, 1.165) is 6.42 Å². The summed E-state index contributed by atoms with van der Waals surface area (Å²) >= 11 is 0. The number of aliphatic hydroxyl groups is 1. The van der Waals surface area contributed by atoms with E-state index in [1.807, 2.05) is 0 Å². The molecule has 1 rings (SSSR count). The van der Waals surface area contributed by atoms with Crippen LogP contribution < -0.4 is 0 Å². The second-order valence-corrected chi connectivity index (χ2v) is 4.74. The molecule has 0 saturated heterocycles. The molecule has 1 aliphatic rings. The summed E-state index contributed by atoms with van der Waals surface area (Å²) in [6, 6.07) is 0. The first-order valence-electron chi connectivity index (χ1n) is 6.09. The van der Waals surface area contributed by atoms with Crippen molar-refractivity contribution in [2.75, 3.05) is 26.9 Å². The first kappa shape index (κ1) is 14.4. The van der Waals surface area contributed by atoms with Gasteiger partial charge in [0.15, 0.2) is 0 Å². The molecule has 0 radical (unpaired) electrons. The molecule has 1 saturated carbocycles. The lowest BCUT2D eigenvalue weighted by Gasteiger charge is -2.34. The molecule has 0 bridgehead atoms. The van der Waals surface area contributed by atoms with E-state index < -0.39 is 11.6 Å². The van der Waals surface area contributed by atoms with Crippen molar-refractivity contribution in [3.8, 4) is 0 Å². The lowest BCUT2D eigenvalue weighted by atomic mass is 9.79. The quantitative estimate of drug-likeness (QED) is 0.656. The summed E-state index contributed by atoms with van der Waals surface area (Å²) in [7, 11) is 1.64. The van der Waals surface area contributed by atoms with Crippen LogP contribution in [0, 0.1) is 5.92 Å². The first-order valence-corrected chi connectivity index (χ1v) is 6.09. The molecule has 0 aromatic heterocycles. The summed E-state index contributed by atoms with van der Waals surface area (Å²) in [4.78, 5) is 10.8. The van der Waals surface area contributed by atoms with Gasteiger partial charge in [-0.1, -0.05) is 0 Å². The van der Waals surface area contributed by atoms with E-state index in [-0.39, 0.29) is 5.92 Å². The van der Waals surface area contributed by atoms with Crippen LogP contribution in [0.25, 0.3) is 0 Å². The van der Waals surface area contributed by atoms with Crippen LogP contribution in [0.3, 0.4) is 0 Å². The molecule has 1 fully saturated rings. The predicted molar refractivity (Wildman–Crippen MR) is 61.9 cm³/mol. The Kier molecular flexibility index (Phi) is 5.88. The van der Waals surface area contributed by atoms with Crippen LogP contribution in [-0.2, 0) is 14.3 Å². The maximum absolute atomic E-state index is 10.8. The molecular formula is C12H22O5. The van der Waals surface area contributed by atoms with Crippen molar-refractivity contribution in [2.24, 2.45) is 5.92 Å². The lowest BCUT2D eigenvalue weighted by Crippen LogP contribution is -2.40. The Morgan fingerprint density at radius 1 is 1.35 bits per heavy atom. The molecule has 0 aromatic carbocycles. The fourth-order valence-corrected chi connectivity index (χ4v) is 2.11. The Balaban J connectivity index is 2.18. The van der Waals surface area contributed by atoms with Gasteiger partial charge in [0, 0.05) is 20.3 Å². The Labute approximate surface area is 102 Å². The summed E-state index contributed by atoms with van der Waals surface area (Å²) in [6.07, 6.45) is 2.90. The fourth-order valence-electron chi connectivity index (χ4n) is 2.11. The molecule has 0 heterocycles. The normalized spacial score (nSPS) is 29.2. The molecule has 5 nitrogen and oxygen atoms in total. The van der Waals surface area contributed by atoms with Gasteiger partial charge in [0.05, 0.1) is 18.1 Å². The van der Waals surface area contributed by atoms with Crippen LogP contribution in [0.2, 0.25) is 0 Å². The molecule has 0 aliphatic heterocycles. The molecule has 0 amide bonds. The molecule has 2 N–H and O–H groups in total. The lowest BCUT2D eigenvalue weighted by molar-refractivity contribution is -0.146. The third kappa shape index (κ3) is 5.02. The predicted octanol–water partition coefficient (Wildman–Crippen LogP) is 1.05. The van der Waals surface area contributed by atoms with Crippen LogP contribution in [0.4, 0.5) is 0 Å². The highest BCUT2D eigenvalue weighted by atomic mass is 16.5. The Morgan fingerprint density at radius 2 is 2.00 bits per heavy atom. The van der Waals surface area contributed by atoms with E-state index in [4.69, 9.17) is 14.6 Å². The summed E-state index contributed by atoms with van der Waals surface area (Å²) in [5.41, 5.74) is -0.834. The highest BCUT2D eigenvalue weighted by Gasteiger charge is 2.35. The van der Waals surface area contributed by atoms with Crippen molar-refractivity contribution >= 4 is 5.97 Å². The Morgan fingerprint density at radius 3 is 2.53 bits per heavy atom. The molecule has 100 valence electrons. The van der Waals surface area contributed by atoms with Gasteiger partial charge in [0.2, 0.25) is 0 Å². The average Bonchev–Trinajstić information content (AvgIpc) is 2.29. The average molecular weight is 246 g/mol. The van der Waals surface area contributed by atoms with Crippen molar-refractivity contribution in [1.82, 2.24) is 0 Å². The molecule has 5 heteroatoms. The topological polar surface area (TPSA) is 76.0 Å². The van der Waals surface area contributed by atoms with Gasteiger partial charge in [0.25, 0.3) is 0 Å². The summed E-state index contributed by atoms with van der Waals surface area (Å²) in [5.74, 6) is -1.06. The summed E-state index contributed by atoms with van der Waals surface area (Å²) in [5, 5.41) is 19.0. The van der Waals surface area contributed by atoms with Crippen LogP contribution in [-0.4, -0.2) is 48.7 Å². The number of hydrogen-bond acceptors (Lipinski definition) is 4. The van der Waals surface area contributed by atoms with Gasteiger partial charge in [-0.25, -0.2) is 0 Å². The molecule has 0 atom stereocenters. The van der Waals surface area contributed by atoms with Gasteiger partial charge >= 0.3 is 5.97 Å². The number of aliphatic carboxylic acids is 1. The number of carbonyl (C=O) groups is 1. The Bertz CT molecular complexity index is 233. The van der Waals surface area contributed by atoms with Crippen LogP contribution >= 0.6 is 0 Å². The SMILES string of the molecule is COCCCOCC1(O)CCC(C(=O)O)CC1. The molecule has 1 aliphatic carbocycles. The van der Waals surface area contributed by atoms with Gasteiger partial charge in [-0.3, -0.25) is 4.79 Å². The van der Waals surface area contributed by atoms with Crippen molar-refractivity contribution in [3.63, 3.8) is 0 Å². The van der Waals surface area contributed by atoms with Crippen molar-refractivity contribution in [3.05, 3.63) is 0 Å². The minimum atomic E-state index is -0.834. The van der Waals surface area contributed by atoms with E-state index in [9.17, 15) is 9.90 Å². The maximum Gasteiger partial charge on any atom is 0.306 e. The van der Waals surface area contributed by atoms with Gasteiger partial charge in [-0.15, -0.1) is 0 Å². The summed E-state index contributed by atoms with van der Waals surface area (Å²) in [6.45, 7) is 1.51. The van der Waals surface area contributed by atoms with E-state index in [0.29, 0.717) is 45.5 Å². The zero-order valence-electron chi connectivity index (χ0n) is 10.4. The molecular weight excluding hydrogens is 224 g/mol. The standard InChI is InChI=1S/C12H22O5/c1-16-7-2-8-17-9-12(15)5-3-10(4-6-12)11(13)14/h10,15H,2-9H2,1H3,(H,13,14). The number of carboxylic acids is 1. The molecule has 0 aromatic rings. The van der Waals surface area contributed by atoms with Crippen molar-refractivity contribution in [2.45, 2.75) is 37.7 Å². The molecule has 17 heavy (non-hydrogen) atoms. The minimum absolute atomic E-state index is 0.295. The maximum atomic E-state index is 10.8. The fraction of sp³-hybridized carbons (Fsp3) is 0.917. The van der Waals surface area contributed by atoms with E-state index >= 15 is 0 Å². The van der Waals surface area contributed by atoms with E-state index in [1.165, 1.54) is 0 Å². The summed E-state index contributed by atoms with van der Waals surface area (Å²) < 4.78 is 10.3. The number of methoxy groups -OCH3 is 1. The number of carboxylic acid groups (broad SMARTS) is 1. The molecule has 0 unspecified atom stereocenters. The highest BCUT2D eigenvalue weighted by Crippen LogP contribution is 2.32. The van der Waals surface area contributed by atoms with Crippen LogP contribution in [0.5, 0.6) is 0 Å². The number of hydrogen-bond donors (Lipinski definition) is 2. The van der Waals surface area contributed by atoms with Gasteiger partial charge < -0.3 is 19.7 Å². The van der Waals surface area contributed by atoms with Gasteiger partial charge in [0.1, 0.15) is 0 Å². The van der Waals surface area contributed by atoms with Crippen LogP contribution in [0.1, 0.15) is 32.1 Å².